The molecule has 7 heteroatoms. The largest absolute Gasteiger partial charge is 0.454 e. The molecule has 0 fully saturated rings. The van der Waals surface area contributed by atoms with Crippen LogP contribution in [0.3, 0.4) is 0 Å². The minimum absolute atomic E-state index is 0.0352. The third-order valence-electron chi connectivity index (χ3n) is 3.58. The van der Waals surface area contributed by atoms with Crippen molar-refractivity contribution >= 4 is 27.1 Å². The molecule has 0 heterocycles. The van der Waals surface area contributed by atoms with Crippen molar-refractivity contribution in [1.82, 2.24) is 0 Å². The van der Waals surface area contributed by atoms with Crippen LogP contribution in [0.1, 0.15) is 25.3 Å². The minimum atomic E-state index is -3.55. The van der Waals surface area contributed by atoms with Crippen molar-refractivity contribution in [3.8, 4) is 11.5 Å². The fourth-order valence-corrected chi connectivity index (χ4v) is 3.26. The molecule has 0 aliphatic carbocycles. The Bertz CT molecular complexity index is 820. The van der Waals surface area contributed by atoms with Crippen LogP contribution >= 0.6 is 11.6 Å². The summed E-state index contributed by atoms with van der Waals surface area (Å²) in [5.74, 6) is 0.697. The number of nitrogens with one attached hydrogen (secondary N) is 1. The molecule has 2 aromatic carbocycles. The lowest BCUT2D eigenvalue weighted by atomic mass is 10.2. The van der Waals surface area contributed by atoms with Crippen LogP contribution in [0.2, 0.25) is 5.02 Å². The van der Waals surface area contributed by atoms with E-state index in [2.05, 4.69) is 12.2 Å². The van der Waals surface area contributed by atoms with Gasteiger partial charge in [0.15, 0.2) is 15.6 Å². The lowest BCUT2D eigenvalue weighted by Crippen LogP contribution is -2.08. The number of rotatable bonds is 8. The van der Waals surface area contributed by atoms with E-state index >= 15 is 0 Å². The van der Waals surface area contributed by atoms with Crippen molar-refractivity contribution in [3.63, 3.8) is 0 Å². The molecule has 0 unspecified atom stereocenters. The highest BCUT2D eigenvalue weighted by molar-refractivity contribution is 7.90. The number of ether oxygens (including phenoxy) is 1. The molecule has 0 aromatic heterocycles. The Labute approximate surface area is 153 Å². The molecular formula is C18H22ClNO4S. The lowest BCUT2D eigenvalue weighted by Gasteiger charge is -2.17. The number of aliphatic hydroxyl groups is 1. The van der Waals surface area contributed by atoms with Crippen LogP contribution in [0.4, 0.5) is 5.69 Å². The molecule has 0 saturated carbocycles. The Kier molecular flexibility index (Phi) is 6.70. The summed E-state index contributed by atoms with van der Waals surface area (Å²) < 4.78 is 30.3. The Morgan fingerprint density at radius 2 is 1.88 bits per heavy atom. The van der Waals surface area contributed by atoms with E-state index in [9.17, 15) is 13.5 Å². The first kappa shape index (κ1) is 19.6. The van der Waals surface area contributed by atoms with Gasteiger partial charge in [-0.05, 0) is 48.4 Å². The van der Waals surface area contributed by atoms with Gasteiger partial charge in [0.05, 0.1) is 12.3 Å². The van der Waals surface area contributed by atoms with Gasteiger partial charge in [0.1, 0.15) is 10.6 Å². The van der Waals surface area contributed by atoms with E-state index in [4.69, 9.17) is 16.3 Å². The summed E-state index contributed by atoms with van der Waals surface area (Å²) in [6.45, 7) is 2.48. The smallest absolute Gasteiger partial charge is 0.179 e. The minimum Gasteiger partial charge on any atom is -0.454 e. The molecule has 0 radical (unpaired) electrons. The zero-order valence-corrected chi connectivity index (χ0v) is 15.8. The Balaban J connectivity index is 2.52. The van der Waals surface area contributed by atoms with Gasteiger partial charge in [-0.2, -0.15) is 0 Å². The van der Waals surface area contributed by atoms with Crippen LogP contribution in [-0.2, 0) is 16.4 Å². The number of sulfone groups is 1. The monoisotopic (exact) mass is 383 g/mol. The third-order valence-corrected chi connectivity index (χ3v) is 4.93. The molecule has 0 amide bonds. The number of benzene rings is 2. The lowest BCUT2D eigenvalue weighted by molar-refractivity contribution is 0.281. The summed E-state index contributed by atoms with van der Waals surface area (Å²) in [5.41, 5.74) is 1.04. The van der Waals surface area contributed by atoms with Gasteiger partial charge in [0, 0.05) is 17.8 Å². The molecule has 2 aromatic rings. The first-order valence-corrected chi connectivity index (χ1v) is 10.3. The predicted octanol–water partition coefficient (Wildman–Crippen LogP) is 4.24. The van der Waals surface area contributed by atoms with Crippen LogP contribution in [0.15, 0.2) is 41.3 Å². The van der Waals surface area contributed by atoms with Crippen LogP contribution in [0.5, 0.6) is 11.5 Å². The molecule has 0 bridgehead atoms. The van der Waals surface area contributed by atoms with E-state index in [1.54, 1.807) is 30.3 Å². The van der Waals surface area contributed by atoms with Gasteiger partial charge in [-0.3, -0.25) is 0 Å². The maximum absolute atomic E-state index is 12.2. The van der Waals surface area contributed by atoms with Crippen LogP contribution < -0.4 is 10.1 Å². The average molecular weight is 384 g/mol. The summed E-state index contributed by atoms with van der Waals surface area (Å²) in [5, 5.41) is 13.2. The predicted molar refractivity (Wildman–Crippen MR) is 100 cm³/mol. The molecular weight excluding hydrogens is 362 g/mol. The number of hydrogen-bond donors (Lipinski definition) is 2. The van der Waals surface area contributed by atoms with E-state index in [0.29, 0.717) is 28.6 Å². The molecule has 2 N–H and O–H groups in total. The molecule has 2 rings (SSSR count). The van der Waals surface area contributed by atoms with E-state index in [0.717, 1.165) is 19.1 Å². The first-order valence-electron chi connectivity index (χ1n) is 8.00. The van der Waals surface area contributed by atoms with Gasteiger partial charge in [-0.1, -0.05) is 24.9 Å². The summed E-state index contributed by atoms with van der Waals surface area (Å²) in [6.07, 6.45) is 3.05. The standard InChI is InChI=1S/C18H22ClNO4S/c1-3-4-9-20-16-10-13(12-21)11-17(25(2,22)23)18(16)24-15-7-5-14(19)6-8-15/h5-8,10-11,20-21H,3-4,9,12H2,1-2H3. The SMILES string of the molecule is CCCCNc1cc(CO)cc(S(C)(=O)=O)c1Oc1ccc(Cl)cc1. The Morgan fingerprint density at radius 1 is 1.20 bits per heavy atom. The molecule has 5 nitrogen and oxygen atoms in total. The van der Waals surface area contributed by atoms with Gasteiger partial charge >= 0.3 is 0 Å². The number of unbranched alkanes of at least 4 members (excludes halogenated alkanes) is 1. The second-order valence-electron chi connectivity index (χ2n) is 5.74. The van der Waals surface area contributed by atoms with Crippen molar-refractivity contribution in [2.24, 2.45) is 0 Å². The summed E-state index contributed by atoms with van der Waals surface area (Å²) in [4.78, 5) is 0.0352. The zero-order chi connectivity index (χ0) is 18.4. The van der Waals surface area contributed by atoms with Gasteiger partial charge in [-0.25, -0.2) is 8.42 Å². The van der Waals surface area contributed by atoms with Gasteiger partial charge in [0.2, 0.25) is 0 Å². The second kappa shape index (κ2) is 8.56. The highest BCUT2D eigenvalue weighted by atomic mass is 35.5. The molecule has 0 spiro atoms. The van der Waals surface area contributed by atoms with Gasteiger partial charge in [-0.15, -0.1) is 0 Å². The zero-order valence-electron chi connectivity index (χ0n) is 14.3. The fourth-order valence-electron chi connectivity index (χ4n) is 2.28. The summed E-state index contributed by atoms with van der Waals surface area (Å²) >= 11 is 5.88. The normalized spacial score (nSPS) is 11.4. The van der Waals surface area contributed by atoms with Crippen molar-refractivity contribution in [2.45, 2.75) is 31.3 Å². The molecule has 0 aliphatic rings. The van der Waals surface area contributed by atoms with Crippen molar-refractivity contribution in [3.05, 3.63) is 47.0 Å². The topological polar surface area (TPSA) is 75.6 Å². The Hall–Kier alpha value is -1.76. The maximum atomic E-state index is 12.2. The van der Waals surface area contributed by atoms with Gasteiger partial charge in [0.25, 0.3) is 0 Å². The Morgan fingerprint density at radius 3 is 2.44 bits per heavy atom. The summed E-state index contributed by atoms with van der Waals surface area (Å²) in [7, 11) is -3.55. The highest BCUT2D eigenvalue weighted by Gasteiger charge is 2.21. The van der Waals surface area contributed by atoms with Crippen molar-refractivity contribution < 1.29 is 18.3 Å². The van der Waals surface area contributed by atoms with Crippen molar-refractivity contribution in [2.75, 3.05) is 18.1 Å². The number of hydrogen-bond acceptors (Lipinski definition) is 5. The second-order valence-corrected chi connectivity index (χ2v) is 8.16. The molecule has 0 saturated heterocycles. The summed E-state index contributed by atoms with van der Waals surface area (Å²) in [6, 6.07) is 9.82. The van der Waals surface area contributed by atoms with E-state index in [1.807, 2.05) is 0 Å². The van der Waals surface area contributed by atoms with E-state index < -0.39 is 9.84 Å². The maximum Gasteiger partial charge on any atom is 0.179 e. The number of halogens is 1. The van der Waals surface area contributed by atoms with Crippen molar-refractivity contribution in [1.29, 1.82) is 0 Å². The third kappa shape index (κ3) is 5.36. The fraction of sp³-hybridized carbons (Fsp3) is 0.333. The van der Waals surface area contributed by atoms with Gasteiger partial charge < -0.3 is 15.2 Å². The molecule has 25 heavy (non-hydrogen) atoms. The van der Waals surface area contributed by atoms with Crippen LogP contribution in [-0.4, -0.2) is 26.3 Å². The van der Waals surface area contributed by atoms with E-state index in [1.165, 1.54) is 6.07 Å². The molecule has 0 atom stereocenters. The first-order chi connectivity index (χ1) is 11.8. The number of anilines is 1. The quantitative estimate of drug-likeness (QED) is 0.667. The van der Waals surface area contributed by atoms with Crippen LogP contribution in [0, 0.1) is 0 Å². The van der Waals surface area contributed by atoms with Crippen LogP contribution in [0.25, 0.3) is 0 Å². The van der Waals surface area contributed by atoms with E-state index in [-0.39, 0.29) is 17.3 Å². The number of aliphatic hydroxyl groups excluding tert-OH is 1. The average Bonchev–Trinajstić information content (AvgIpc) is 2.57. The molecule has 136 valence electrons. The molecule has 0 aliphatic heterocycles. The highest BCUT2D eigenvalue weighted by Crippen LogP contribution is 2.38.